The molecule has 1 aromatic rings. The Bertz CT molecular complexity index is 446. The van der Waals surface area contributed by atoms with Crippen molar-refractivity contribution in [2.45, 2.75) is 20.3 Å². The molecule has 1 aliphatic rings. The van der Waals surface area contributed by atoms with Crippen LogP contribution in [-0.4, -0.2) is 30.2 Å². The monoisotopic (exact) mass is 326 g/mol. The average Bonchev–Trinajstić information content (AvgIpc) is 2.61. The average molecular weight is 327 g/mol. The Labute approximate surface area is 137 Å². The van der Waals surface area contributed by atoms with E-state index in [-0.39, 0.29) is 12.6 Å². The van der Waals surface area contributed by atoms with Gasteiger partial charge in [-0.25, -0.2) is 4.39 Å². The van der Waals surface area contributed by atoms with Crippen LogP contribution in [0.1, 0.15) is 20.3 Å². The van der Waals surface area contributed by atoms with E-state index in [0.717, 1.165) is 11.1 Å². The summed E-state index contributed by atoms with van der Waals surface area (Å²) in [7, 11) is 0. The molecular formula is C17H24ClFN2O. The van der Waals surface area contributed by atoms with Crippen molar-refractivity contribution in [1.29, 1.82) is 0 Å². The summed E-state index contributed by atoms with van der Waals surface area (Å²) in [5, 5.41) is 11.8. The first-order valence-corrected chi connectivity index (χ1v) is 7.76. The topological polar surface area (TPSA) is 44.6 Å². The first-order valence-electron chi connectivity index (χ1n) is 7.23. The normalized spacial score (nSPS) is 16.7. The van der Waals surface area contributed by atoms with Gasteiger partial charge in [0, 0.05) is 12.6 Å². The standard InChI is InChI=1S/C9H12ClFN2O.C6H6.C2H6/c10-6-13-9-8(1-2-11)3-7(5-14)4-12-9;1-2-4-6-5-3-1;1-2/h1,4,14H,2-3,5-6H2,(H,12,13);1-6H;1-2H3/b8-1-;;. The summed E-state index contributed by atoms with van der Waals surface area (Å²) in [5.41, 5.74) is 1.54. The highest BCUT2D eigenvalue weighted by molar-refractivity contribution is 6.18. The minimum atomic E-state index is -0.545. The van der Waals surface area contributed by atoms with Gasteiger partial charge in [0.1, 0.15) is 18.5 Å². The van der Waals surface area contributed by atoms with Crippen molar-refractivity contribution in [2.24, 2.45) is 4.99 Å². The molecule has 0 fully saturated rings. The summed E-state index contributed by atoms with van der Waals surface area (Å²) in [6.45, 7) is 3.42. The number of aliphatic hydroxyl groups is 1. The van der Waals surface area contributed by atoms with E-state index < -0.39 is 6.67 Å². The summed E-state index contributed by atoms with van der Waals surface area (Å²) >= 11 is 5.45. The number of nitrogens with zero attached hydrogens (tertiary/aromatic N) is 1. The van der Waals surface area contributed by atoms with E-state index in [0.29, 0.717) is 12.3 Å². The number of aliphatic hydroxyl groups excluding tert-OH is 1. The molecule has 0 bridgehead atoms. The lowest BCUT2D eigenvalue weighted by Crippen LogP contribution is -2.26. The van der Waals surface area contributed by atoms with Crippen molar-refractivity contribution in [3.8, 4) is 0 Å². The summed E-state index contributed by atoms with van der Waals surface area (Å²) in [6, 6.07) is 12.1. The van der Waals surface area contributed by atoms with Crippen LogP contribution in [0, 0.1) is 0 Å². The number of benzene rings is 1. The Morgan fingerprint density at radius 1 is 1.23 bits per heavy atom. The highest BCUT2D eigenvalue weighted by Crippen LogP contribution is 2.15. The zero-order valence-corrected chi connectivity index (χ0v) is 13.9. The molecule has 0 atom stereocenters. The first-order chi connectivity index (χ1) is 10.8. The summed E-state index contributed by atoms with van der Waals surface area (Å²) in [4.78, 5) is 3.96. The van der Waals surface area contributed by atoms with E-state index in [1.165, 1.54) is 6.08 Å². The molecule has 0 saturated carbocycles. The van der Waals surface area contributed by atoms with Crippen LogP contribution in [-0.2, 0) is 0 Å². The maximum absolute atomic E-state index is 12.1. The molecule has 0 aliphatic carbocycles. The van der Waals surface area contributed by atoms with E-state index in [1.807, 2.05) is 50.2 Å². The molecule has 0 unspecified atom stereocenters. The molecule has 0 amide bonds. The zero-order valence-electron chi connectivity index (χ0n) is 13.1. The summed E-state index contributed by atoms with van der Waals surface area (Å²) in [5.74, 6) is 0.579. The lowest BCUT2D eigenvalue weighted by Gasteiger charge is -2.18. The molecule has 0 saturated heterocycles. The lowest BCUT2D eigenvalue weighted by molar-refractivity contribution is 0.327. The number of nitrogens with one attached hydrogen (secondary N) is 1. The Hall–Kier alpha value is -1.65. The molecule has 3 nitrogen and oxygen atoms in total. The van der Waals surface area contributed by atoms with E-state index in [1.54, 1.807) is 6.20 Å². The van der Waals surface area contributed by atoms with E-state index in [9.17, 15) is 4.39 Å². The van der Waals surface area contributed by atoms with Gasteiger partial charge in [-0.05, 0) is 17.2 Å². The van der Waals surface area contributed by atoms with Crippen LogP contribution in [0.4, 0.5) is 4.39 Å². The quantitative estimate of drug-likeness (QED) is 0.650. The molecule has 1 aromatic carbocycles. The largest absolute Gasteiger partial charge is 0.392 e. The second-order valence-corrected chi connectivity index (χ2v) is 4.19. The van der Waals surface area contributed by atoms with Gasteiger partial charge in [-0.1, -0.05) is 50.2 Å². The van der Waals surface area contributed by atoms with Crippen LogP contribution in [0.5, 0.6) is 0 Å². The Balaban J connectivity index is 0.000000457. The van der Waals surface area contributed by atoms with Gasteiger partial charge in [0.05, 0.1) is 6.61 Å². The number of hydrogen-bond acceptors (Lipinski definition) is 2. The molecular weight excluding hydrogens is 303 g/mol. The molecule has 2 N–H and O–H groups in total. The maximum atomic E-state index is 12.1. The molecule has 0 aromatic heterocycles. The number of amidine groups is 1. The van der Waals surface area contributed by atoms with Crippen LogP contribution >= 0.6 is 11.6 Å². The highest BCUT2D eigenvalue weighted by Gasteiger charge is 2.13. The van der Waals surface area contributed by atoms with Gasteiger partial charge in [0.2, 0.25) is 0 Å². The van der Waals surface area contributed by atoms with E-state index >= 15 is 0 Å². The SMILES string of the molecule is CC.OCC1=CNC(=N/CCl)/C(=C\CF)C1.c1ccccc1. The summed E-state index contributed by atoms with van der Waals surface area (Å²) in [6.07, 6.45) is 3.62. The van der Waals surface area contributed by atoms with Crippen molar-refractivity contribution in [3.05, 3.63) is 59.8 Å². The molecule has 2 rings (SSSR count). The van der Waals surface area contributed by atoms with Crippen LogP contribution in [0.3, 0.4) is 0 Å². The third-order valence-electron chi connectivity index (χ3n) is 2.55. The Morgan fingerprint density at radius 3 is 2.18 bits per heavy atom. The van der Waals surface area contributed by atoms with Crippen LogP contribution in [0.15, 0.2) is 64.8 Å². The van der Waals surface area contributed by atoms with Crippen LogP contribution in [0.2, 0.25) is 0 Å². The van der Waals surface area contributed by atoms with Crippen molar-refractivity contribution in [2.75, 3.05) is 19.3 Å². The Morgan fingerprint density at radius 2 is 1.77 bits per heavy atom. The lowest BCUT2D eigenvalue weighted by atomic mass is 10.0. The third-order valence-corrected chi connectivity index (χ3v) is 2.67. The fraction of sp³-hybridized carbons (Fsp3) is 0.353. The highest BCUT2D eigenvalue weighted by atomic mass is 35.5. The van der Waals surface area contributed by atoms with Gasteiger partial charge in [-0.15, -0.1) is 11.6 Å². The minimum Gasteiger partial charge on any atom is -0.392 e. The van der Waals surface area contributed by atoms with Crippen LogP contribution < -0.4 is 5.32 Å². The molecule has 0 spiro atoms. The number of aliphatic imine (C=N–C) groups is 1. The number of halogens is 2. The van der Waals surface area contributed by atoms with Crippen molar-refractivity contribution < 1.29 is 9.50 Å². The summed E-state index contributed by atoms with van der Waals surface area (Å²) < 4.78 is 12.1. The molecule has 1 aliphatic heterocycles. The number of allylic oxidation sites excluding steroid dienone is 1. The van der Waals surface area contributed by atoms with Gasteiger partial charge >= 0.3 is 0 Å². The van der Waals surface area contributed by atoms with Gasteiger partial charge in [-0.3, -0.25) is 4.99 Å². The third kappa shape index (κ3) is 8.60. The maximum Gasteiger partial charge on any atom is 0.129 e. The minimum absolute atomic E-state index is 0.0369. The number of rotatable bonds is 3. The second-order valence-electron chi connectivity index (χ2n) is 3.95. The van der Waals surface area contributed by atoms with Gasteiger partial charge in [0.25, 0.3) is 0 Å². The predicted molar refractivity (Wildman–Crippen MR) is 92.9 cm³/mol. The van der Waals surface area contributed by atoms with E-state index in [2.05, 4.69) is 10.3 Å². The number of hydrogen-bond donors (Lipinski definition) is 2. The molecule has 1 heterocycles. The van der Waals surface area contributed by atoms with E-state index in [4.69, 9.17) is 16.7 Å². The second kappa shape index (κ2) is 14.3. The van der Waals surface area contributed by atoms with Crippen LogP contribution in [0.25, 0.3) is 0 Å². The fourth-order valence-corrected chi connectivity index (χ4v) is 1.72. The fourth-order valence-electron chi connectivity index (χ4n) is 1.60. The molecule has 22 heavy (non-hydrogen) atoms. The Kier molecular flexibility index (Phi) is 13.2. The molecule has 5 heteroatoms. The molecule has 122 valence electrons. The van der Waals surface area contributed by atoms with Crippen molar-refractivity contribution in [1.82, 2.24) is 5.32 Å². The zero-order chi connectivity index (χ0) is 16.6. The predicted octanol–water partition coefficient (Wildman–Crippen LogP) is 4.06. The smallest absolute Gasteiger partial charge is 0.129 e. The van der Waals surface area contributed by atoms with Gasteiger partial charge in [-0.2, -0.15) is 0 Å². The first kappa shape index (κ1) is 20.3. The van der Waals surface area contributed by atoms with Gasteiger partial charge in [0.15, 0.2) is 0 Å². The van der Waals surface area contributed by atoms with Crippen molar-refractivity contribution in [3.63, 3.8) is 0 Å². The molecule has 0 radical (unpaired) electrons. The number of alkyl halides is 2. The van der Waals surface area contributed by atoms with Gasteiger partial charge < -0.3 is 10.4 Å². The van der Waals surface area contributed by atoms with Crippen molar-refractivity contribution >= 4 is 17.4 Å².